The molecule has 0 aliphatic carbocycles. The fourth-order valence-electron chi connectivity index (χ4n) is 2.25. The molecule has 1 atom stereocenters. The number of ether oxygens (including phenoxy) is 2. The molecule has 1 fully saturated rings. The van der Waals surface area contributed by atoms with Crippen molar-refractivity contribution in [3.63, 3.8) is 0 Å². The molecule has 0 aromatic heterocycles. The van der Waals surface area contributed by atoms with Gasteiger partial charge in [0.2, 0.25) is 0 Å². The van der Waals surface area contributed by atoms with Crippen LogP contribution in [0.25, 0.3) is 0 Å². The molecule has 1 saturated heterocycles. The number of hydrogen-bond donors (Lipinski definition) is 1. The maximum Gasteiger partial charge on any atom is 0.305 e. The molecule has 1 rings (SSSR count). The molecule has 1 unspecified atom stereocenters. The van der Waals surface area contributed by atoms with Crippen LogP contribution in [0.4, 0.5) is 0 Å². The van der Waals surface area contributed by atoms with Crippen LogP contribution in [0.15, 0.2) is 4.99 Å². The second kappa shape index (κ2) is 12.0. The molecule has 1 aliphatic rings. The number of esters is 1. The predicted octanol–water partition coefficient (Wildman–Crippen LogP) is 1.49. The van der Waals surface area contributed by atoms with Gasteiger partial charge >= 0.3 is 5.97 Å². The van der Waals surface area contributed by atoms with E-state index in [0.717, 1.165) is 45.1 Å². The highest BCUT2D eigenvalue weighted by Crippen LogP contribution is 2.13. The summed E-state index contributed by atoms with van der Waals surface area (Å²) in [6.07, 6.45) is 2.31. The van der Waals surface area contributed by atoms with Crippen molar-refractivity contribution in [1.82, 2.24) is 10.2 Å². The number of carbonyl (C=O) groups is 1. The fourth-order valence-corrected chi connectivity index (χ4v) is 2.25. The first-order valence-electron chi connectivity index (χ1n) is 7.32. The highest BCUT2D eigenvalue weighted by Gasteiger charge is 2.18. The van der Waals surface area contributed by atoms with Crippen LogP contribution in [0.2, 0.25) is 0 Å². The van der Waals surface area contributed by atoms with E-state index < -0.39 is 0 Å². The molecule has 1 N–H and O–H groups in total. The number of nitrogens with zero attached hydrogens (tertiary/aromatic N) is 2. The van der Waals surface area contributed by atoms with Gasteiger partial charge in [0.1, 0.15) is 0 Å². The van der Waals surface area contributed by atoms with Gasteiger partial charge in [0.25, 0.3) is 0 Å². The summed E-state index contributed by atoms with van der Waals surface area (Å²) >= 11 is 0. The van der Waals surface area contributed by atoms with E-state index in [2.05, 4.69) is 15.2 Å². The van der Waals surface area contributed by atoms with Crippen molar-refractivity contribution in [2.75, 3.05) is 47.0 Å². The van der Waals surface area contributed by atoms with E-state index in [4.69, 9.17) is 9.47 Å². The second-order valence-electron chi connectivity index (χ2n) is 4.99. The van der Waals surface area contributed by atoms with Crippen LogP contribution in [0, 0.1) is 5.92 Å². The number of guanidine groups is 1. The van der Waals surface area contributed by atoms with Gasteiger partial charge in [-0.3, -0.25) is 9.79 Å². The average Bonchev–Trinajstić information content (AvgIpc) is 2.91. The van der Waals surface area contributed by atoms with Gasteiger partial charge in [-0.2, -0.15) is 0 Å². The smallest absolute Gasteiger partial charge is 0.305 e. The normalized spacial score (nSPS) is 18.0. The molecule has 1 heterocycles. The Morgan fingerprint density at radius 2 is 2.29 bits per heavy atom. The molecule has 6 nitrogen and oxygen atoms in total. The summed E-state index contributed by atoms with van der Waals surface area (Å²) in [5.41, 5.74) is 0. The lowest BCUT2D eigenvalue weighted by atomic mass is 10.1. The average molecular weight is 413 g/mol. The minimum Gasteiger partial charge on any atom is -0.466 e. The lowest BCUT2D eigenvalue weighted by Crippen LogP contribution is -2.41. The zero-order valence-corrected chi connectivity index (χ0v) is 15.6. The first-order valence-corrected chi connectivity index (χ1v) is 7.32. The molecule has 0 bridgehead atoms. The summed E-state index contributed by atoms with van der Waals surface area (Å²) in [5, 5.41) is 3.27. The van der Waals surface area contributed by atoms with E-state index in [1.54, 1.807) is 7.05 Å². The molecule has 7 heteroatoms. The molecule has 0 aromatic carbocycles. The van der Waals surface area contributed by atoms with Crippen molar-refractivity contribution in [1.29, 1.82) is 0 Å². The molecule has 124 valence electrons. The quantitative estimate of drug-likeness (QED) is 0.225. The van der Waals surface area contributed by atoms with Gasteiger partial charge in [-0.25, -0.2) is 0 Å². The van der Waals surface area contributed by atoms with Crippen LogP contribution in [-0.4, -0.2) is 63.8 Å². The monoisotopic (exact) mass is 413 g/mol. The SMILES string of the molecule is CCOC(=O)CCCNC(=NC)N(C)CC1CCOC1.I. The third-order valence-electron chi connectivity index (χ3n) is 3.28. The zero-order chi connectivity index (χ0) is 14.8. The molecular weight excluding hydrogens is 385 g/mol. The van der Waals surface area contributed by atoms with E-state index in [9.17, 15) is 4.79 Å². The van der Waals surface area contributed by atoms with Gasteiger partial charge in [-0.05, 0) is 19.8 Å². The molecule has 0 spiro atoms. The maximum atomic E-state index is 11.2. The summed E-state index contributed by atoms with van der Waals surface area (Å²) in [5.74, 6) is 1.31. The molecule has 1 aliphatic heterocycles. The largest absolute Gasteiger partial charge is 0.466 e. The third-order valence-corrected chi connectivity index (χ3v) is 3.28. The number of halogens is 1. The van der Waals surface area contributed by atoms with Crippen molar-refractivity contribution in [2.45, 2.75) is 26.2 Å². The van der Waals surface area contributed by atoms with Gasteiger partial charge in [0.15, 0.2) is 5.96 Å². The topological polar surface area (TPSA) is 63.2 Å². The van der Waals surface area contributed by atoms with Crippen molar-refractivity contribution in [3.05, 3.63) is 0 Å². The molecule has 0 amide bonds. The summed E-state index contributed by atoms with van der Waals surface area (Å²) < 4.78 is 10.3. The molecular formula is C14H28IN3O3. The highest BCUT2D eigenvalue weighted by atomic mass is 127. The van der Waals surface area contributed by atoms with Crippen LogP contribution in [0.5, 0.6) is 0 Å². The Morgan fingerprint density at radius 3 is 2.86 bits per heavy atom. The molecule has 21 heavy (non-hydrogen) atoms. The summed E-state index contributed by atoms with van der Waals surface area (Å²) in [6, 6.07) is 0. The van der Waals surface area contributed by atoms with Crippen molar-refractivity contribution in [3.8, 4) is 0 Å². The first-order chi connectivity index (χ1) is 9.67. The lowest BCUT2D eigenvalue weighted by molar-refractivity contribution is -0.143. The minimum atomic E-state index is -0.138. The molecule has 0 aromatic rings. The van der Waals surface area contributed by atoms with Gasteiger partial charge in [-0.15, -0.1) is 24.0 Å². The van der Waals surface area contributed by atoms with Crippen LogP contribution >= 0.6 is 24.0 Å². The van der Waals surface area contributed by atoms with Gasteiger partial charge in [0.05, 0.1) is 13.2 Å². The summed E-state index contributed by atoms with van der Waals surface area (Å²) in [6.45, 7) is 5.63. The second-order valence-corrected chi connectivity index (χ2v) is 4.99. The van der Waals surface area contributed by atoms with Crippen LogP contribution < -0.4 is 5.32 Å². The number of aliphatic imine (C=N–C) groups is 1. The Labute approximate surface area is 144 Å². The number of carbonyl (C=O) groups excluding carboxylic acids is 1. The van der Waals surface area contributed by atoms with E-state index in [0.29, 0.717) is 18.9 Å². The predicted molar refractivity (Wildman–Crippen MR) is 94.2 cm³/mol. The Hall–Kier alpha value is -0.570. The Bertz CT molecular complexity index is 321. The summed E-state index contributed by atoms with van der Waals surface area (Å²) in [4.78, 5) is 17.6. The number of hydrogen-bond acceptors (Lipinski definition) is 4. The Morgan fingerprint density at radius 1 is 1.52 bits per heavy atom. The lowest BCUT2D eigenvalue weighted by Gasteiger charge is -2.24. The molecule has 0 radical (unpaired) electrons. The van der Waals surface area contributed by atoms with E-state index in [1.807, 2.05) is 14.0 Å². The van der Waals surface area contributed by atoms with E-state index in [-0.39, 0.29) is 29.9 Å². The van der Waals surface area contributed by atoms with Crippen LogP contribution in [0.1, 0.15) is 26.2 Å². The van der Waals surface area contributed by atoms with Crippen LogP contribution in [-0.2, 0) is 14.3 Å². The van der Waals surface area contributed by atoms with E-state index in [1.165, 1.54) is 0 Å². The summed E-state index contributed by atoms with van der Waals surface area (Å²) in [7, 11) is 3.80. The maximum absolute atomic E-state index is 11.2. The van der Waals surface area contributed by atoms with Crippen molar-refractivity contribution in [2.24, 2.45) is 10.9 Å². The van der Waals surface area contributed by atoms with Gasteiger partial charge in [0, 0.05) is 46.1 Å². The Balaban J connectivity index is 0.00000400. The van der Waals surface area contributed by atoms with E-state index >= 15 is 0 Å². The van der Waals surface area contributed by atoms with Crippen molar-refractivity contribution >= 4 is 35.9 Å². The van der Waals surface area contributed by atoms with Crippen LogP contribution in [0.3, 0.4) is 0 Å². The zero-order valence-electron chi connectivity index (χ0n) is 13.3. The Kier molecular flexibility index (Phi) is 11.7. The van der Waals surface area contributed by atoms with Gasteiger partial charge in [-0.1, -0.05) is 0 Å². The fraction of sp³-hybridized carbons (Fsp3) is 0.857. The molecule has 0 saturated carbocycles. The first kappa shape index (κ1) is 20.4. The third kappa shape index (κ3) is 8.45. The van der Waals surface area contributed by atoms with Gasteiger partial charge < -0.3 is 19.7 Å². The minimum absolute atomic E-state index is 0. The standard InChI is InChI=1S/C14H27N3O3.HI/c1-4-20-13(18)6-5-8-16-14(15-2)17(3)10-12-7-9-19-11-12;/h12H,4-11H2,1-3H3,(H,15,16);1H. The number of nitrogens with one attached hydrogen (secondary N) is 1. The number of rotatable bonds is 7. The van der Waals surface area contributed by atoms with Crippen molar-refractivity contribution < 1.29 is 14.3 Å². The highest BCUT2D eigenvalue weighted by molar-refractivity contribution is 14.0.